The maximum atomic E-state index is 12.7. The molecule has 0 radical (unpaired) electrons. The van der Waals surface area contributed by atoms with Gasteiger partial charge in [0.2, 0.25) is 4.21 Å². The van der Waals surface area contributed by atoms with Crippen LogP contribution in [-0.2, 0) is 27.2 Å². The lowest BCUT2D eigenvalue weighted by Gasteiger charge is -2.23. The van der Waals surface area contributed by atoms with Crippen LogP contribution in [0, 0.1) is 0 Å². The molecule has 0 aliphatic carbocycles. The van der Waals surface area contributed by atoms with Crippen LogP contribution in [-0.4, -0.2) is 35.6 Å². The average molecular weight is 413 g/mol. The van der Waals surface area contributed by atoms with Crippen molar-refractivity contribution in [3.05, 3.63) is 35.4 Å². The van der Waals surface area contributed by atoms with Crippen molar-refractivity contribution in [1.82, 2.24) is 0 Å². The summed E-state index contributed by atoms with van der Waals surface area (Å²) in [5.41, 5.74) is -1.58. The average Bonchev–Trinajstić information content (AvgIpc) is 2.43. The molecule has 0 heterocycles. The number of carboxylic acids is 1. The molecule has 1 aromatic carbocycles. The summed E-state index contributed by atoms with van der Waals surface area (Å²) >= 11 is 5.56. The molecule has 1 rings (SSSR count). The van der Waals surface area contributed by atoms with Gasteiger partial charge >= 0.3 is 18.3 Å². The van der Waals surface area contributed by atoms with E-state index in [0.717, 1.165) is 12.1 Å². The van der Waals surface area contributed by atoms with E-state index in [0.29, 0.717) is 12.1 Å². The van der Waals surface area contributed by atoms with E-state index in [1.807, 2.05) is 0 Å². The van der Waals surface area contributed by atoms with E-state index in [9.17, 15) is 39.6 Å². The van der Waals surface area contributed by atoms with Crippen molar-refractivity contribution in [1.29, 1.82) is 0 Å². The van der Waals surface area contributed by atoms with Gasteiger partial charge in [-0.1, -0.05) is 29.8 Å². The Balaban J connectivity index is 3.21. The molecule has 0 bridgehead atoms. The first-order valence-corrected chi connectivity index (χ1v) is 8.49. The van der Waals surface area contributed by atoms with Crippen molar-refractivity contribution >= 4 is 27.4 Å². The lowest BCUT2D eigenvalue weighted by atomic mass is 10.1. The molecule has 0 aromatic heterocycles. The SMILES string of the molecule is O=C(O)C(Cl)(Cc1cccc(C(F)(F)F)c1)S(=O)(=O)CCC(F)(F)F. The molecule has 1 aromatic rings. The Bertz CT molecular complexity index is 744. The van der Waals surface area contributed by atoms with Crippen LogP contribution >= 0.6 is 11.6 Å². The van der Waals surface area contributed by atoms with Gasteiger partial charge in [-0.05, 0) is 11.6 Å². The molecule has 0 saturated carbocycles. The molecule has 12 heteroatoms. The third-order valence-corrected chi connectivity index (χ3v) is 6.20. The van der Waals surface area contributed by atoms with Crippen LogP contribution in [0.4, 0.5) is 26.3 Å². The number of rotatable bonds is 6. The van der Waals surface area contributed by atoms with Gasteiger partial charge in [0.25, 0.3) is 0 Å². The summed E-state index contributed by atoms with van der Waals surface area (Å²) in [4.78, 5) is 11.3. The van der Waals surface area contributed by atoms with Crippen molar-refractivity contribution in [2.75, 3.05) is 5.75 Å². The Morgan fingerprint density at radius 2 is 1.68 bits per heavy atom. The van der Waals surface area contributed by atoms with Crippen molar-refractivity contribution in [2.45, 2.75) is 29.4 Å². The summed E-state index contributed by atoms with van der Waals surface area (Å²) in [6.45, 7) is 0. The van der Waals surface area contributed by atoms with E-state index in [1.54, 1.807) is 0 Å². The number of halogens is 7. The monoisotopic (exact) mass is 412 g/mol. The van der Waals surface area contributed by atoms with Crippen LogP contribution in [0.15, 0.2) is 24.3 Å². The van der Waals surface area contributed by atoms with Crippen molar-refractivity contribution in [2.24, 2.45) is 0 Å². The highest BCUT2D eigenvalue weighted by molar-refractivity contribution is 7.95. The Labute approximate surface area is 143 Å². The van der Waals surface area contributed by atoms with E-state index in [2.05, 4.69) is 0 Å². The van der Waals surface area contributed by atoms with Crippen LogP contribution in [0.2, 0.25) is 0 Å². The van der Waals surface area contributed by atoms with Crippen LogP contribution in [0.3, 0.4) is 0 Å². The van der Waals surface area contributed by atoms with Gasteiger partial charge in [-0.15, -0.1) is 0 Å². The number of hydrogen-bond donors (Lipinski definition) is 1. The number of hydrogen-bond acceptors (Lipinski definition) is 3. The molecule has 142 valence electrons. The summed E-state index contributed by atoms with van der Waals surface area (Å²) in [7, 11) is -5.04. The summed E-state index contributed by atoms with van der Waals surface area (Å²) in [6, 6.07) is 3.05. The molecule has 1 atom stereocenters. The number of carbonyl (C=O) groups is 1. The quantitative estimate of drug-likeness (QED) is 0.572. The highest BCUT2D eigenvalue weighted by Gasteiger charge is 2.50. The Morgan fingerprint density at radius 1 is 1.12 bits per heavy atom. The predicted octanol–water partition coefficient (Wildman–Crippen LogP) is 3.63. The zero-order chi connectivity index (χ0) is 19.7. The molecule has 0 fully saturated rings. The van der Waals surface area contributed by atoms with Gasteiger partial charge in [-0.25, -0.2) is 13.2 Å². The number of benzene rings is 1. The van der Waals surface area contributed by atoms with E-state index >= 15 is 0 Å². The molecule has 0 amide bonds. The topological polar surface area (TPSA) is 71.4 Å². The van der Waals surface area contributed by atoms with E-state index in [4.69, 9.17) is 16.7 Å². The maximum absolute atomic E-state index is 12.7. The molecule has 25 heavy (non-hydrogen) atoms. The van der Waals surface area contributed by atoms with E-state index in [-0.39, 0.29) is 0 Å². The summed E-state index contributed by atoms with van der Waals surface area (Å²) in [5.74, 6) is -3.78. The second-order valence-electron chi connectivity index (χ2n) is 5.09. The van der Waals surface area contributed by atoms with Crippen molar-refractivity contribution in [3.8, 4) is 0 Å². The molecule has 1 unspecified atom stereocenters. The number of carboxylic acid groups (broad SMARTS) is 1. The highest BCUT2D eigenvalue weighted by atomic mass is 35.5. The summed E-state index contributed by atoms with van der Waals surface area (Å²) in [5, 5.41) is 9.07. The van der Waals surface area contributed by atoms with Crippen molar-refractivity contribution in [3.63, 3.8) is 0 Å². The van der Waals surface area contributed by atoms with Gasteiger partial charge in [0.1, 0.15) is 0 Å². The van der Waals surface area contributed by atoms with Gasteiger partial charge in [0.15, 0.2) is 9.84 Å². The molecular formula is C13H11ClF6O4S. The lowest BCUT2D eigenvalue weighted by Crippen LogP contribution is -2.45. The summed E-state index contributed by atoms with van der Waals surface area (Å²) in [6.07, 6.45) is -12.6. The third kappa shape index (κ3) is 5.50. The molecule has 0 aliphatic rings. The van der Waals surface area contributed by atoms with E-state index < -0.39 is 62.1 Å². The van der Waals surface area contributed by atoms with Gasteiger partial charge in [-0.3, -0.25) is 0 Å². The molecule has 1 N–H and O–H groups in total. The van der Waals surface area contributed by atoms with Crippen LogP contribution < -0.4 is 0 Å². The second-order valence-corrected chi connectivity index (χ2v) is 8.30. The fraction of sp³-hybridized carbons (Fsp3) is 0.462. The number of aliphatic carboxylic acids is 1. The minimum Gasteiger partial charge on any atom is -0.479 e. The minimum atomic E-state index is -5.04. The van der Waals surface area contributed by atoms with Gasteiger partial charge < -0.3 is 5.11 Å². The normalized spacial score (nSPS) is 15.6. The molecule has 4 nitrogen and oxygen atoms in total. The highest BCUT2D eigenvalue weighted by Crippen LogP contribution is 2.34. The predicted molar refractivity (Wildman–Crippen MR) is 75.8 cm³/mol. The fourth-order valence-electron chi connectivity index (χ4n) is 1.85. The maximum Gasteiger partial charge on any atom is 0.416 e. The second kappa shape index (κ2) is 7.02. The largest absolute Gasteiger partial charge is 0.479 e. The molecular weight excluding hydrogens is 402 g/mol. The van der Waals surface area contributed by atoms with Crippen LogP contribution in [0.5, 0.6) is 0 Å². The molecule has 0 aliphatic heterocycles. The molecule has 0 spiro atoms. The minimum absolute atomic E-state index is 0.400. The fourth-order valence-corrected chi connectivity index (χ4v) is 3.71. The summed E-state index contributed by atoms with van der Waals surface area (Å²) < 4.78 is 95.3. The lowest BCUT2D eigenvalue weighted by molar-refractivity contribution is -0.138. The Kier molecular flexibility index (Phi) is 6.05. The van der Waals surface area contributed by atoms with E-state index in [1.165, 1.54) is 0 Å². The first-order chi connectivity index (χ1) is 11.1. The zero-order valence-corrected chi connectivity index (χ0v) is 13.7. The Morgan fingerprint density at radius 3 is 2.12 bits per heavy atom. The van der Waals surface area contributed by atoms with Gasteiger partial charge in [-0.2, -0.15) is 26.3 Å². The first kappa shape index (κ1) is 21.6. The van der Waals surface area contributed by atoms with Gasteiger partial charge in [0, 0.05) is 6.42 Å². The molecule has 0 saturated heterocycles. The smallest absolute Gasteiger partial charge is 0.416 e. The number of alkyl halides is 7. The van der Waals surface area contributed by atoms with Crippen molar-refractivity contribution < 1.29 is 44.7 Å². The Hall–Kier alpha value is -1.49. The zero-order valence-electron chi connectivity index (χ0n) is 12.2. The van der Waals surface area contributed by atoms with Crippen LogP contribution in [0.25, 0.3) is 0 Å². The van der Waals surface area contributed by atoms with Crippen LogP contribution in [0.1, 0.15) is 17.5 Å². The first-order valence-electron chi connectivity index (χ1n) is 6.46. The standard InChI is InChI=1S/C13H11ClF6O4S/c14-11(10(21)22,25(23,24)5-4-12(15,16)17)7-8-2-1-3-9(6-8)13(18,19)20/h1-3,6H,4-5,7H2,(H,21,22). The third-order valence-electron chi connectivity index (χ3n) is 3.15. The number of sulfone groups is 1. The van der Waals surface area contributed by atoms with Gasteiger partial charge in [0.05, 0.1) is 17.7 Å².